The second-order valence-electron chi connectivity index (χ2n) is 7.45. The molecule has 0 radical (unpaired) electrons. The minimum absolute atomic E-state index is 0.0672. The molecule has 7 heteroatoms. The molecule has 7 nitrogen and oxygen atoms in total. The summed E-state index contributed by atoms with van der Waals surface area (Å²) < 4.78 is 0. The standard InChI is InChI=1S/C21H28N6O/c1-15-7-5-10-22-21(15)25-19-13-18(23-16(2)24-19)17-9-12-27(14-17)20(28)8-6-11-26(3)4/h5-8,10,13,17H,9,11-12,14H2,1-4H3,(H,22,23,24,25). The SMILES string of the molecule is Cc1nc(Nc2ncccc2C)cc(C2CCN(C(=O)C=CCN(C)C)C2)n1. The molecule has 3 heterocycles. The molecule has 0 saturated carbocycles. The van der Waals surface area contributed by atoms with E-state index in [-0.39, 0.29) is 11.8 Å². The minimum atomic E-state index is 0.0672. The van der Waals surface area contributed by atoms with Crippen molar-refractivity contribution in [2.45, 2.75) is 26.2 Å². The number of carbonyl (C=O) groups is 1. The number of hydrogen-bond donors (Lipinski definition) is 1. The van der Waals surface area contributed by atoms with Gasteiger partial charge in [-0.05, 0) is 46.0 Å². The molecule has 1 saturated heterocycles. The molecule has 0 aromatic carbocycles. The summed E-state index contributed by atoms with van der Waals surface area (Å²) in [7, 11) is 3.96. The number of hydrogen-bond acceptors (Lipinski definition) is 6. The van der Waals surface area contributed by atoms with Gasteiger partial charge >= 0.3 is 0 Å². The number of rotatable bonds is 6. The largest absolute Gasteiger partial charge is 0.338 e. The van der Waals surface area contributed by atoms with Crippen LogP contribution in [0.4, 0.5) is 11.6 Å². The van der Waals surface area contributed by atoms with Crippen molar-refractivity contribution in [3.05, 3.63) is 53.6 Å². The van der Waals surface area contributed by atoms with E-state index in [9.17, 15) is 4.79 Å². The Balaban J connectivity index is 1.69. The van der Waals surface area contributed by atoms with Crippen LogP contribution in [-0.4, -0.2) is 64.4 Å². The number of anilines is 2. The fraction of sp³-hybridized carbons (Fsp3) is 0.429. The second kappa shape index (κ2) is 8.93. The zero-order valence-electron chi connectivity index (χ0n) is 17.0. The summed E-state index contributed by atoms with van der Waals surface area (Å²) in [5, 5.41) is 3.29. The van der Waals surface area contributed by atoms with E-state index >= 15 is 0 Å². The van der Waals surface area contributed by atoms with Crippen LogP contribution in [0.15, 0.2) is 36.5 Å². The number of amides is 1. The van der Waals surface area contributed by atoms with Crippen molar-refractivity contribution in [1.82, 2.24) is 24.8 Å². The summed E-state index contributed by atoms with van der Waals surface area (Å²) in [6.45, 7) is 6.09. The van der Waals surface area contributed by atoms with Crippen LogP contribution >= 0.6 is 0 Å². The Labute approximate surface area is 166 Å². The molecule has 1 atom stereocenters. The molecule has 148 valence electrons. The van der Waals surface area contributed by atoms with Gasteiger partial charge in [0.15, 0.2) is 0 Å². The number of carbonyl (C=O) groups excluding carboxylic acids is 1. The maximum absolute atomic E-state index is 12.4. The van der Waals surface area contributed by atoms with Gasteiger partial charge in [0.2, 0.25) is 5.91 Å². The second-order valence-corrected chi connectivity index (χ2v) is 7.45. The number of pyridine rings is 1. The van der Waals surface area contributed by atoms with Gasteiger partial charge in [-0.25, -0.2) is 15.0 Å². The van der Waals surface area contributed by atoms with Crippen LogP contribution < -0.4 is 5.32 Å². The quantitative estimate of drug-likeness (QED) is 0.777. The molecule has 1 aliphatic heterocycles. The lowest BCUT2D eigenvalue weighted by Crippen LogP contribution is -2.27. The summed E-state index contributed by atoms with van der Waals surface area (Å²) in [5.74, 6) is 2.53. The van der Waals surface area contributed by atoms with Gasteiger partial charge in [-0.1, -0.05) is 12.1 Å². The Morgan fingerprint density at radius 3 is 2.93 bits per heavy atom. The van der Waals surface area contributed by atoms with Crippen LogP contribution in [0.2, 0.25) is 0 Å². The van der Waals surface area contributed by atoms with Crippen molar-refractivity contribution >= 4 is 17.5 Å². The Morgan fingerprint density at radius 2 is 2.18 bits per heavy atom. The molecule has 1 fully saturated rings. The van der Waals surface area contributed by atoms with E-state index < -0.39 is 0 Å². The lowest BCUT2D eigenvalue weighted by molar-refractivity contribution is -0.125. The first-order valence-corrected chi connectivity index (χ1v) is 9.57. The molecule has 1 unspecified atom stereocenters. The number of nitrogens with zero attached hydrogens (tertiary/aromatic N) is 5. The fourth-order valence-corrected chi connectivity index (χ4v) is 3.27. The smallest absolute Gasteiger partial charge is 0.246 e. The topological polar surface area (TPSA) is 74.2 Å². The number of likely N-dealkylation sites (tertiary alicyclic amines) is 1. The maximum atomic E-state index is 12.4. The Hall–Kier alpha value is -2.80. The fourth-order valence-electron chi connectivity index (χ4n) is 3.27. The highest BCUT2D eigenvalue weighted by Gasteiger charge is 2.27. The summed E-state index contributed by atoms with van der Waals surface area (Å²) in [4.78, 5) is 29.8. The lowest BCUT2D eigenvalue weighted by atomic mass is 10.0. The molecule has 28 heavy (non-hydrogen) atoms. The number of aromatic nitrogens is 3. The third kappa shape index (κ3) is 5.13. The van der Waals surface area contributed by atoms with Crippen LogP contribution in [0.1, 0.15) is 29.4 Å². The van der Waals surface area contributed by atoms with Crippen molar-refractivity contribution < 1.29 is 4.79 Å². The summed E-state index contributed by atoms with van der Waals surface area (Å²) >= 11 is 0. The lowest BCUT2D eigenvalue weighted by Gasteiger charge is -2.15. The van der Waals surface area contributed by atoms with Gasteiger partial charge < -0.3 is 15.1 Å². The third-order valence-electron chi connectivity index (χ3n) is 4.76. The third-order valence-corrected chi connectivity index (χ3v) is 4.76. The molecular weight excluding hydrogens is 352 g/mol. The van der Waals surface area contributed by atoms with E-state index in [1.165, 1.54) is 0 Å². The first-order valence-electron chi connectivity index (χ1n) is 9.57. The van der Waals surface area contributed by atoms with Gasteiger partial charge in [0.05, 0.1) is 5.69 Å². The molecule has 2 aromatic heterocycles. The average molecular weight is 380 g/mol. The van der Waals surface area contributed by atoms with Gasteiger partial charge in [0, 0.05) is 43.9 Å². The van der Waals surface area contributed by atoms with Gasteiger partial charge in [-0.15, -0.1) is 0 Å². The van der Waals surface area contributed by atoms with E-state index in [2.05, 4.69) is 20.3 Å². The van der Waals surface area contributed by atoms with E-state index in [1.54, 1.807) is 12.3 Å². The van der Waals surface area contributed by atoms with Crippen molar-refractivity contribution in [2.24, 2.45) is 0 Å². The Morgan fingerprint density at radius 1 is 1.36 bits per heavy atom. The number of nitrogens with one attached hydrogen (secondary N) is 1. The molecule has 0 aliphatic carbocycles. The molecule has 0 bridgehead atoms. The van der Waals surface area contributed by atoms with E-state index in [0.717, 1.165) is 42.4 Å². The molecule has 1 N–H and O–H groups in total. The van der Waals surface area contributed by atoms with Crippen LogP contribution in [0.3, 0.4) is 0 Å². The van der Waals surface area contributed by atoms with Crippen LogP contribution in [0.5, 0.6) is 0 Å². The molecular formula is C21H28N6O. The summed E-state index contributed by atoms with van der Waals surface area (Å²) in [6.07, 6.45) is 6.24. The predicted octanol–water partition coefficient (Wildman–Crippen LogP) is 2.67. The first-order chi connectivity index (χ1) is 13.4. The normalized spacial score (nSPS) is 16.9. The molecule has 0 spiro atoms. The summed E-state index contributed by atoms with van der Waals surface area (Å²) in [5.41, 5.74) is 2.03. The monoisotopic (exact) mass is 380 g/mol. The van der Waals surface area contributed by atoms with Crippen LogP contribution in [-0.2, 0) is 4.79 Å². The van der Waals surface area contributed by atoms with E-state index in [0.29, 0.717) is 12.4 Å². The Kier molecular flexibility index (Phi) is 6.36. The van der Waals surface area contributed by atoms with Crippen LogP contribution in [0, 0.1) is 13.8 Å². The van der Waals surface area contributed by atoms with Crippen molar-refractivity contribution in [2.75, 3.05) is 39.0 Å². The molecule has 1 amide bonds. The summed E-state index contributed by atoms with van der Waals surface area (Å²) in [6, 6.07) is 5.89. The highest BCUT2D eigenvalue weighted by atomic mass is 16.2. The highest BCUT2D eigenvalue weighted by Crippen LogP contribution is 2.28. The zero-order valence-corrected chi connectivity index (χ0v) is 17.0. The minimum Gasteiger partial charge on any atom is -0.338 e. The van der Waals surface area contributed by atoms with E-state index in [4.69, 9.17) is 0 Å². The highest BCUT2D eigenvalue weighted by molar-refractivity contribution is 5.87. The predicted molar refractivity (Wildman–Crippen MR) is 111 cm³/mol. The Bertz CT molecular complexity index is 864. The van der Waals surface area contributed by atoms with Gasteiger partial charge in [0.25, 0.3) is 0 Å². The van der Waals surface area contributed by atoms with Gasteiger partial charge in [-0.3, -0.25) is 4.79 Å². The van der Waals surface area contributed by atoms with Gasteiger partial charge in [0.1, 0.15) is 17.5 Å². The van der Waals surface area contributed by atoms with Gasteiger partial charge in [-0.2, -0.15) is 0 Å². The van der Waals surface area contributed by atoms with Crippen LogP contribution in [0.25, 0.3) is 0 Å². The van der Waals surface area contributed by atoms with Crippen molar-refractivity contribution in [1.29, 1.82) is 0 Å². The molecule has 1 aliphatic rings. The first kappa shape index (κ1) is 19.9. The van der Waals surface area contributed by atoms with Crippen molar-refractivity contribution in [3.8, 4) is 0 Å². The van der Waals surface area contributed by atoms with Crippen molar-refractivity contribution in [3.63, 3.8) is 0 Å². The zero-order chi connectivity index (χ0) is 20.1. The maximum Gasteiger partial charge on any atom is 0.246 e. The molecule has 3 rings (SSSR count). The molecule has 2 aromatic rings. The number of likely N-dealkylation sites (N-methyl/N-ethyl adjacent to an activating group) is 1. The number of aryl methyl sites for hydroxylation is 2. The van der Waals surface area contributed by atoms with E-state index in [1.807, 2.05) is 62.0 Å². The average Bonchev–Trinajstić information content (AvgIpc) is 3.13.